The molecular weight excluding hydrogens is 548 g/mol. The maximum Gasteiger partial charge on any atom is 0.271 e. The number of nitrogens with one attached hydrogen (secondary N) is 1. The molecule has 10 nitrogen and oxygen atoms in total. The number of hydrogen-bond acceptors (Lipinski definition) is 9. The summed E-state index contributed by atoms with van der Waals surface area (Å²) in [7, 11) is -2.47. The minimum atomic E-state index is -3.89. The molecule has 0 bridgehead atoms. The van der Waals surface area contributed by atoms with E-state index in [1.807, 2.05) is 18.2 Å². The predicted molar refractivity (Wildman–Crippen MR) is 148 cm³/mol. The van der Waals surface area contributed by atoms with E-state index in [-0.39, 0.29) is 21.7 Å². The highest BCUT2D eigenvalue weighted by Gasteiger charge is 2.23. The van der Waals surface area contributed by atoms with Crippen molar-refractivity contribution in [2.24, 2.45) is 0 Å². The standard InChI is InChI=1S/C25H23ClN6O4S2/c1-3-22(33)31-8-10-32(11-9-31)24-18-12-16(4-5-19(18)28-15-29-24)17-13-20(25(36-2)27-14-17)30-38(34,35)23-7-6-21(26)37-23/h3-7,12-15,30H,1,8-11H2,2H3. The number of aromatic nitrogens is 3. The van der Waals surface area contributed by atoms with Crippen LogP contribution in [0.3, 0.4) is 0 Å². The van der Waals surface area contributed by atoms with E-state index in [2.05, 4.69) is 31.2 Å². The second kappa shape index (κ2) is 10.6. The van der Waals surface area contributed by atoms with Crippen molar-refractivity contribution in [3.8, 4) is 17.0 Å². The third-order valence-electron chi connectivity index (χ3n) is 6.12. The van der Waals surface area contributed by atoms with Crippen LogP contribution in [0.5, 0.6) is 5.88 Å². The van der Waals surface area contributed by atoms with Crippen LogP contribution in [0, 0.1) is 0 Å². The lowest BCUT2D eigenvalue weighted by Crippen LogP contribution is -2.48. The van der Waals surface area contributed by atoms with Crippen LogP contribution in [0.1, 0.15) is 0 Å². The second-order valence-electron chi connectivity index (χ2n) is 8.39. The van der Waals surface area contributed by atoms with Crippen molar-refractivity contribution in [1.82, 2.24) is 19.9 Å². The molecule has 5 rings (SSSR count). The third-order valence-corrected chi connectivity index (χ3v) is 9.20. The van der Waals surface area contributed by atoms with Gasteiger partial charge in [0.25, 0.3) is 10.0 Å². The van der Waals surface area contributed by atoms with Gasteiger partial charge in [-0.3, -0.25) is 9.52 Å². The molecule has 1 N–H and O–H groups in total. The van der Waals surface area contributed by atoms with Crippen molar-refractivity contribution in [2.75, 3.05) is 42.9 Å². The van der Waals surface area contributed by atoms with Gasteiger partial charge in [0, 0.05) is 43.3 Å². The number of rotatable bonds is 7. The molecule has 0 spiro atoms. The first-order chi connectivity index (χ1) is 18.3. The van der Waals surface area contributed by atoms with Crippen LogP contribution in [0.4, 0.5) is 11.5 Å². The number of carbonyl (C=O) groups is 1. The molecule has 38 heavy (non-hydrogen) atoms. The maximum atomic E-state index is 12.9. The first-order valence-electron chi connectivity index (χ1n) is 11.5. The van der Waals surface area contributed by atoms with Gasteiger partial charge >= 0.3 is 0 Å². The van der Waals surface area contributed by atoms with Crippen molar-refractivity contribution in [3.63, 3.8) is 0 Å². The number of methoxy groups -OCH3 is 1. The monoisotopic (exact) mass is 570 g/mol. The van der Waals surface area contributed by atoms with Gasteiger partial charge in [-0.15, -0.1) is 11.3 Å². The van der Waals surface area contributed by atoms with E-state index >= 15 is 0 Å². The number of nitrogens with zero attached hydrogens (tertiary/aromatic N) is 5. The zero-order chi connectivity index (χ0) is 26.9. The van der Waals surface area contributed by atoms with Crippen molar-refractivity contribution in [3.05, 3.63) is 65.9 Å². The average Bonchev–Trinajstić information content (AvgIpc) is 3.39. The molecule has 0 saturated carbocycles. The van der Waals surface area contributed by atoms with Gasteiger partial charge in [0.1, 0.15) is 22.0 Å². The molecule has 0 unspecified atom stereocenters. The summed E-state index contributed by atoms with van der Waals surface area (Å²) in [4.78, 5) is 29.1. The van der Waals surface area contributed by atoms with Gasteiger partial charge in [0.2, 0.25) is 11.8 Å². The fourth-order valence-corrected chi connectivity index (χ4v) is 6.76. The van der Waals surface area contributed by atoms with E-state index in [0.29, 0.717) is 36.1 Å². The van der Waals surface area contributed by atoms with Gasteiger partial charge in [-0.2, -0.15) is 0 Å². The van der Waals surface area contributed by atoms with Crippen LogP contribution in [0.25, 0.3) is 22.0 Å². The van der Waals surface area contributed by atoms with Crippen molar-refractivity contribution in [2.45, 2.75) is 4.21 Å². The van der Waals surface area contributed by atoms with E-state index in [4.69, 9.17) is 16.3 Å². The molecule has 4 heterocycles. The number of sulfonamides is 1. The Morgan fingerprint density at radius 1 is 1.11 bits per heavy atom. The SMILES string of the molecule is C=CC(=O)N1CCN(c2ncnc3ccc(-c4cnc(OC)c(NS(=O)(=O)c5ccc(Cl)s5)c4)cc23)CC1. The van der Waals surface area contributed by atoms with Gasteiger partial charge in [0.05, 0.1) is 17.0 Å². The minimum Gasteiger partial charge on any atom is -0.480 e. The van der Waals surface area contributed by atoms with Gasteiger partial charge in [-0.25, -0.2) is 23.4 Å². The summed E-state index contributed by atoms with van der Waals surface area (Å²) in [6.45, 7) is 5.95. The minimum absolute atomic E-state index is 0.0809. The number of halogens is 1. The number of piperazine rings is 1. The third kappa shape index (κ3) is 5.15. The Morgan fingerprint density at radius 2 is 1.89 bits per heavy atom. The Balaban J connectivity index is 1.48. The topological polar surface area (TPSA) is 118 Å². The molecule has 196 valence electrons. The highest BCUT2D eigenvalue weighted by Crippen LogP contribution is 2.34. The highest BCUT2D eigenvalue weighted by atomic mass is 35.5. The smallest absolute Gasteiger partial charge is 0.271 e. The quantitative estimate of drug-likeness (QED) is 0.331. The fourth-order valence-electron chi connectivity index (χ4n) is 4.23. The molecular formula is C25H23ClN6O4S2. The molecule has 3 aromatic heterocycles. The molecule has 1 aromatic carbocycles. The Morgan fingerprint density at radius 3 is 2.58 bits per heavy atom. The van der Waals surface area contributed by atoms with E-state index < -0.39 is 10.0 Å². The van der Waals surface area contributed by atoms with Gasteiger partial charge in [-0.1, -0.05) is 24.2 Å². The summed E-state index contributed by atoms with van der Waals surface area (Å²) in [5.74, 6) is 0.816. The fraction of sp³-hybridized carbons (Fsp3) is 0.200. The maximum absolute atomic E-state index is 12.9. The molecule has 1 amide bonds. The Labute approximate surface area is 228 Å². The van der Waals surface area contributed by atoms with Gasteiger partial charge < -0.3 is 14.5 Å². The molecule has 1 aliphatic heterocycles. The first-order valence-corrected chi connectivity index (χ1v) is 14.2. The zero-order valence-corrected chi connectivity index (χ0v) is 22.7. The lowest BCUT2D eigenvalue weighted by atomic mass is 10.0. The summed E-state index contributed by atoms with van der Waals surface area (Å²) in [5.41, 5.74) is 2.43. The molecule has 0 radical (unpaired) electrons. The number of amides is 1. The van der Waals surface area contributed by atoms with Crippen LogP contribution in [-0.2, 0) is 14.8 Å². The van der Waals surface area contributed by atoms with Crippen molar-refractivity contribution in [1.29, 1.82) is 0 Å². The van der Waals surface area contributed by atoms with Crippen LogP contribution in [0.2, 0.25) is 4.34 Å². The average molecular weight is 571 g/mol. The largest absolute Gasteiger partial charge is 0.480 e. The number of carbonyl (C=O) groups excluding carboxylic acids is 1. The summed E-state index contributed by atoms with van der Waals surface area (Å²) in [6, 6.07) is 10.4. The van der Waals surface area contributed by atoms with Crippen LogP contribution >= 0.6 is 22.9 Å². The van der Waals surface area contributed by atoms with E-state index in [1.165, 1.54) is 31.6 Å². The van der Waals surface area contributed by atoms with Crippen molar-refractivity contribution >= 4 is 61.3 Å². The van der Waals surface area contributed by atoms with E-state index in [9.17, 15) is 13.2 Å². The Bertz CT molecular complexity index is 1630. The number of ether oxygens (including phenoxy) is 1. The molecule has 0 atom stereocenters. The summed E-state index contributed by atoms with van der Waals surface area (Å²) < 4.78 is 34.1. The van der Waals surface area contributed by atoms with Gasteiger partial charge in [-0.05, 0) is 42.0 Å². The number of thiophene rings is 1. The van der Waals surface area contributed by atoms with E-state index in [0.717, 1.165) is 33.6 Å². The number of fused-ring (bicyclic) bond motifs is 1. The number of pyridine rings is 1. The first kappa shape index (κ1) is 25.9. The van der Waals surface area contributed by atoms with E-state index in [1.54, 1.807) is 17.2 Å². The van der Waals surface area contributed by atoms with Gasteiger partial charge in [0.15, 0.2) is 0 Å². The molecule has 1 saturated heterocycles. The van der Waals surface area contributed by atoms with Crippen LogP contribution < -0.4 is 14.4 Å². The highest BCUT2D eigenvalue weighted by molar-refractivity contribution is 7.94. The second-order valence-corrected chi connectivity index (χ2v) is 12.0. The Hall–Kier alpha value is -3.74. The molecule has 1 aliphatic rings. The molecule has 1 fully saturated rings. The summed E-state index contributed by atoms with van der Waals surface area (Å²) >= 11 is 6.89. The number of anilines is 2. The molecule has 4 aromatic rings. The molecule has 0 aliphatic carbocycles. The molecule has 13 heteroatoms. The van der Waals surface area contributed by atoms with Crippen LogP contribution in [0.15, 0.2) is 65.8 Å². The lowest BCUT2D eigenvalue weighted by molar-refractivity contribution is -0.126. The van der Waals surface area contributed by atoms with Crippen LogP contribution in [-0.4, -0.2) is 67.5 Å². The lowest BCUT2D eigenvalue weighted by Gasteiger charge is -2.35. The summed E-state index contributed by atoms with van der Waals surface area (Å²) in [6.07, 6.45) is 4.47. The number of benzene rings is 1. The summed E-state index contributed by atoms with van der Waals surface area (Å²) in [5, 5.41) is 0.833. The normalized spacial score (nSPS) is 13.9. The van der Waals surface area contributed by atoms with Crippen molar-refractivity contribution < 1.29 is 17.9 Å². The zero-order valence-electron chi connectivity index (χ0n) is 20.3. The Kier molecular flexibility index (Phi) is 7.19. The predicted octanol–water partition coefficient (Wildman–Crippen LogP) is 4.05. The number of hydrogen-bond donors (Lipinski definition) is 1.